The van der Waals surface area contributed by atoms with Crippen molar-refractivity contribution in [2.75, 3.05) is 7.11 Å². The summed E-state index contributed by atoms with van der Waals surface area (Å²) in [5, 5.41) is 0. The van der Waals surface area contributed by atoms with E-state index in [2.05, 4.69) is 9.98 Å². The summed E-state index contributed by atoms with van der Waals surface area (Å²) in [5.74, 6) is -0.404. The fraction of sp³-hybridized carbons (Fsp3) is 0.385. The van der Waals surface area contributed by atoms with E-state index in [1.54, 1.807) is 19.1 Å². The smallest absolute Gasteiger partial charge is 0.335 e. The van der Waals surface area contributed by atoms with Gasteiger partial charge in [-0.05, 0) is 56.0 Å². The molecule has 2 aromatic carbocycles. The van der Waals surface area contributed by atoms with Gasteiger partial charge in [0.2, 0.25) is 5.62 Å². The Labute approximate surface area is 202 Å². The van der Waals surface area contributed by atoms with Crippen LogP contribution in [0.4, 0.5) is 5.69 Å². The molecule has 1 heterocycles. The molecule has 0 amide bonds. The van der Waals surface area contributed by atoms with Crippen molar-refractivity contribution in [2.45, 2.75) is 52.3 Å². The van der Waals surface area contributed by atoms with Crippen LogP contribution in [0.3, 0.4) is 0 Å². The number of carbonyl (C=O) groups is 1. The van der Waals surface area contributed by atoms with Crippen molar-refractivity contribution in [2.24, 2.45) is 10.9 Å². The topological polar surface area (TPSA) is 108 Å². The molecule has 3 aromatic rings. The average molecular weight is 479 g/mol. The van der Waals surface area contributed by atoms with Crippen LogP contribution in [0.1, 0.15) is 37.3 Å². The first kappa shape index (κ1) is 24.3. The normalized spacial score (nSPS) is 14.9. The number of rotatable bonds is 8. The Morgan fingerprint density at radius 2 is 1.77 bits per heavy atom. The van der Waals surface area contributed by atoms with Gasteiger partial charge in [-0.3, -0.25) is 14.3 Å². The Morgan fingerprint density at radius 1 is 1.09 bits per heavy atom. The maximum absolute atomic E-state index is 13.4. The fourth-order valence-electron chi connectivity index (χ4n) is 3.77. The summed E-state index contributed by atoms with van der Waals surface area (Å²) in [5.41, 5.74) is 1.45. The van der Waals surface area contributed by atoms with Gasteiger partial charge in [-0.25, -0.2) is 19.1 Å². The quantitative estimate of drug-likeness (QED) is 0.501. The molecule has 0 aliphatic heterocycles. The van der Waals surface area contributed by atoms with Gasteiger partial charge in [0.25, 0.3) is 0 Å². The number of nitrogens with one attached hydrogen (secondary N) is 1. The van der Waals surface area contributed by atoms with Crippen molar-refractivity contribution in [3.63, 3.8) is 0 Å². The second kappa shape index (κ2) is 10.6. The van der Waals surface area contributed by atoms with Gasteiger partial charge in [0.05, 0.1) is 31.4 Å². The molecule has 1 saturated carbocycles. The van der Waals surface area contributed by atoms with Gasteiger partial charge < -0.3 is 9.47 Å². The monoisotopic (exact) mass is 478 g/mol. The van der Waals surface area contributed by atoms with E-state index in [1.165, 1.54) is 18.1 Å². The zero-order valence-corrected chi connectivity index (χ0v) is 20.2. The lowest BCUT2D eigenvalue weighted by atomic mass is 9.96. The van der Waals surface area contributed by atoms with Crippen molar-refractivity contribution in [3.8, 4) is 5.75 Å². The van der Waals surface area contributed by atoms with Crippen LogP contribution in [-0.2, 0) is 22.6 Å². The van der Waals surface area contributed by atoms with E-state index in [-0.39, 0.29) is 24.8 Å². The largest absolute Gasteiger partial charge is 0.490 e. The zero-order valence-electron chi connectivity index (χ0n) is 20.2. The van der Waals surface area contributed by atoms with Gasteiger partial charge >= 0.3 is 17.3 Å². The molecule has 0 spiro atoms. The van der Waals surface area contributed by atoms with E-state index in [4.69, 9.17) is 9.47 Å². The lowest BCUT2D eigenvalue weighted by Crippen LogP contribution is -2.51. The van der Waals surface area contributed by atoms with E-state index in [1.807, 2.05) is 43.3 Å². The second-order valence-electron chi connectivity index (χ2n) is 8.92. The molecule has 184 valence electrons. The van der Waals surface area contributed by atoms with Crippen LogP contribution < -0.4 is 21.7 Å². The Morgan fingerprint density at radius 3 is 2.37 bits per heavy atom. The first-order chi connectivity index (χ1) is 16.8. The number of ether oxygens (including phenoxy) is 2. The van der Waals surface area contributed by atoms with Crippen molar-refractivity contribution < 1.29 is 14.3 Å². The number of carbonyl (C=O) groups excluding carboxylic acids is 1. The average Bonchev–Trinajstić information content (AvgIpc) is 2.83. The van der Waals surface area contributed by atoms with E-state index in [9.17, 15) is 14.4 Å². The predicted molar refractivity (Wildman–Crippen MR) is 131 cm³/mol. The van der Waals surface area contributed by atoms with Crippen molar-refractivity contribution in [1.82, 2.24) is 14.1 Å². The standard InChI is InChI=1S/C26H30N4O5/c1-17-7-9-19(10-8-17)16-29-24(27-20-11-13-22(14-12-20)35-21-5-4-6-21)28-25(32)30(26(29)33)15-18(2)23(31)34-3/h7-14,18,21H,4-6,15-16H2,1-3H3,(H,27,28,32)/t18-/m0/s1. The molecule has 0 bridgehead atoms. The summed E-state index contributed by atoms with van der Waals surface area (Å²) in [6.45, 7) is 3.68. The third-order valence-electron chi connectivity index (χ3n) is 6.13. The van der Waals surface area contributed by atoms with Crippen LogP contribution in [0.2, 0.25) is 0 Å². The van der Waals surface area contributed by atoms with Crippen molar-refractivity contribution >= 4 is 11.7 Å². The molecule has 0 saturated heterocycles. The van der Waals surface area contributed by atoms with Crippen LogP contribution in [-0.4, -0.2) is 33.3 Å². The Balaban J connectivity index is 1.74. The van der Waals surface area contributed by atoms with Crippen molar-refractivity contribution in [1.29, 1.82) is 0 Å². The third-order valence-corrected chi connectivity index (χ3v) is 6.13. The summed E-state index contributed by atoms with van der Waals surface area (Å²) in [6, 6.07) is 15.0. The fourth-order valence-corrected chi connectivity index (χ4v) is 3.77. The number of H-pyrrole nitrogens is 1. The van der Waals surface area contributed by atoms with E-state index < -0.39 is 23.3 Å². The second-order valence-corrected chi connectivity index (χ2v) is 8.92. The Kier molecular flexibility index (Phi) is 7.33. The molecular formula is C26H30N4O5. The number of esters is 1. The van der Waals surface area contributed by atoms with Crippen LogP contribution in [0.5, 0.6) is 5.75 Å². The molecule has 9 nitrogen and oxygen atoms in total. The van der Waals surface area contributed by atoms with Crippen LogP contribution >= 0.6 is 0 Å². The lowest BCUT2D eigenvalue weighted by Gasteiger charge is -2.26. The molecule has 1 aliphatic rings. The summed E-state index contributed by atoms with van der Waals surface area (Å²) in [6.07, 6.45) is 3.59. The van der Waals surface area contributed by atoms with Crippen molar-refractivity contribution in [3.05, 3.63) is 86.2 Å². The number of methoxy groups -OCH3 is 1. The number of benzene rings is 2. The minimum Gasteiger partial charge on any atom is -0.490 e. The van der Waals surface area contributed by atoms with Gasteiger partial charge in [0.1, 0.15) is 5.75 Å². The van der Waals surface area contributed by atoms with Crippen LogP contribution in [0.25, 0.3) is 0 Å². The molecule has 1 aliphatic carbocycles. The minimum atomic E-state index is -0.669. The SMILES string of the molecule is COC(=O)[C@@H](C)Cn1c(=O)[nH]/c(=N\c2ccc(OC3CCC3)cc2)n(Cc2ccc(C)cc2)c1=O. The van der Waals surface area contributed by atoms with Gasteiger partial charge in [-0.2, -0.15) is 0 Å². The summed E-state index contributed by atoms with van der Waals surface area (Å²) in [4.78, 5) is 45.4. The highest BCUT2D eigenvalue weighted by Crippen LogP contribution is 2.26. The lowest BCUT2D eigenvalue weighted by molar-refractivity contribution is -0.145. The molecule has 1 N–H and O–H groups in total. The summed E-state index contributed by atoms with van der Waals surface area (Å²) < 4.78 is 13.0. The van der Waals surface area contributed by atoms with E-state index in [0.29, 0.717) is 5.69 Å². The van der Waals surface area contributed by atoms with Gasteiger partial charge in [-0.1, -0.05) is 36.8 Å². The van der Waals surface area contributed by atoms with E-state index in [0.717, 1.165) is 34.3 Å². The first-order valence-corrected chi connectivity index (χ1v) is 11.7. The summed E-state index contributed by atoms with van der Waals surface area (Å²) >= 11 is 0. The molecule has 35 heavy (non-hydrogen) atoms. The van der Waals surface area contributed by atoms with Gasteiger partial charge in [-0.15, -0.1) is 0 Å². The maximum Gasteiger partial charge on any atom is 0.335 e. The molecule has 1 atom stereocenters. The van der Waals surface area contributed by atoms with E-state index >= 15 is 0 Å². The highest BCUT2D eigenvalue weighted by atomic mass is 16.5. The number of aryl methyl sites for hydroxylation is 1. The van der Waals surface area contributed by atoms with Gasteiger partial charge in [0, 0.05) is 6.54 Å². The number of nitrogens with zero attached hydrogens (tertiary/aromatic N) is 3. The Bertz CT molecular complexity index is 1360. The maximum atomic E-state index is 13.4. The Hall–Kier alpha value is -3.88. The van der Waals surface area contributed by atoms with Crippen LogP contribution in [0, 0.1) is 12.8 Å². The molecule has 1 aromatic heterocycles. The zero-order chi connectivity index (χ0) is 24.9. The molecule has 9 heteroatoms. The number of aromatic amines is 1. The number of aromatic nitrogens is 3. The molecule has 4 rings (SSSR count). The highest BCUT2D eigenvalue weighted by Gasteiger charge is 2.19. The first-order valence-electron chi connectivity index (χ1n) is 11.7. The molecule has 1 fully saturated rings. The summed E-state index contributed by atoms with van der Waals surface area (Å²) in [7, 11) is 1.27. The predicted octanol–water partition coefficient (Wildman–Crippen LogP) is 2.67. The molecule has 0 unspecified atom stereocenters. The molecular weight excluding hydrogens is 448 g/mol. The number of hydrogen-bond donors (Lipinski definition) is 1. The number of hydrogen-bond acceptors (Lipinski definition) is 6. The van der Waals surface area contributed by atoms with Crippen LogP contribution in [0.15, 0.2) is 63.1 Å². The highest BCUT2D eigenvalue weighted by molar-refractivity contribution is 5.71. The third kappa shape index (κ3) is 5.79. The molecule has 0 radical (unpaired) electrons. The van der Waals surface area contributed by atoms with Gasteiger partial charge in [0.15, 0.2) is 0 Å². The minimum absolute atomic E-state index is 0.109.